The average Bonchev–Trinajstić information content (AvgIpc) is 3.18. The Kier molecular flexibility index (Phi) is 6.91. The molecule has 0 radical (unpaired) electrons. The first kappa shape index (κ1) is 21.9. The molecule has 0 aromatic carbocycles. The maximum absolute atomic E-state index is 12.1. The van der Waals surface area contributed by atoms with Gasteiger partial charge in [-0.05, 0) is 6.92 Å². The Bertz CT molecular complexity index is 770. The highest BCUT2D eigenvalue weighted by molar-refractivity contribution is 6.19. The van der Waals surface area contributed by atoms with E-state index in [1.807, 2.05) is 0 Å². The summed E-state index contributed by atoms with van der Waals surface area (Å²) in [6, 6.07) is 0. The van der Waals surface area contributed by atoms with Crippen LogP contribution in [0.15, 0.2) is 0 Å². The van der Waals surface area contributed by atoms with Gasteiger partial charge in [0, 0.05) is 25.7 Å². The van der Waals surface area contributed by atoms with E-state index in [0.717, 1.165) is 0 Å². The lowest BCUT2D eigenvalue weighted by Gasteiger charge is -2.16. The lowest BCUT2D eigenvalue weighted by atomic mass is 10.1. The lowest BCUT2D eigenvalue weighted by Crippen LogP contribution is -2.42. The van der Waals surface area contributed by atoms with Gasteiger partial charge in [0.2, 0.25) is 17.7 Å². The van der Waals surface area contributed by atoms with E-state index < -0.39 is 72.6 Å². The van der Waals surface area contributed by atoms with E-state index in [0.29, 0.717) is 9.96 Å². The summed E-state index contributed by atoms with van der Waals surface area (Å²) in [5.41, 5.74) is 0. The molecule has 0 aliphatic carbocycles. The lowest BCUT2D eigenvalue weighted by molar-refractivity contribution is -0.197. The van der Waals surface area contributed by atoms with Gasteiger partial charge < -0.3 is 9.57 Å². The van der Waals surface area contributed by atoms with Crippen LogP contribution in [0.2, 0.25) is 0 Å². The molecule has 2 heterocycles. The predicted octanol–water partition coefficient (Wildman–Crippen LogP) is -1.20. The second-order valence-electron chi connectivity index (χ2n) is 6.35. The van der Waals surface area contributed by atoms with Gasteiger partial charge in [0.15, 0.2) is 12.4 Å². The normalized spacial score (nSPS) is 17.6. The van der Waals surface area contributed by atoms with E-state index in [-0.39, 0.29) is 25.7 Å². The number of carbonyl (C=O) groups excluding carboxylic acids is 8. The van der Waals surface area contributed by atoms with Gasteiger partial charge in [-0.25, -0.2) is 9.69 Å². The highest BCUT2D eigenvalue weighted by Gasteiger charge is 2.39. The number of ether oxygens (including phenoxy) is 1. The molecule has 0 saturated carbocycles. The van der Waals surface area contributed by atoms with E-state index in [9.17, 15) is 38.4 Å². The zero-order valence-electron chi connectivity index (χ0n) is 15.5. The zero-order chi connectivity index (χ0) is 21.7. The summed E-state index contributed by atoms with van der Waals surface area (Å²) in [5, 5.41) is 0.339. The SMILES string of the molecule is CC(C(=O)COC(=O)CCC(=O)ON1C(=O)CCC1=O)C(=O)N1C(=O)CCC1=O. The van der Waals surface area contributed by atoms with Crippen molar-refractivity contribution in [1.82, 2.24) is 9.96 Å². The fraction of sp³-hybridized carbons (Fsp3) is 0.529. The fourth-order valence-corrected chi connectivity index (χ4v) is 2.51. The van der Waals surface area contributed by atoms with Crippen LogP contribution in [0.25, 0.3) is 0 Å². The quantitative estimate of drug-likeness (QED) is 0.270. The summed E-state index contributed by atoms with van der Waals surface area (Å²) >= 11 is 0. The molecule has 2 aliphatic heterocycles. The largest absolute Gasteiger partial charge is 0.458 e. The molecule has 2 rings (SSSR count). The first-order valence-corrected chi connectivity index (χ1v) is 8.76. The molecule has 2 saturated heterocycles. The molecule has 0 spiro atoms. The van der Waals surface area contributed by atoms with Crippen LogP contribution in [0.3, 0.4) is 0 Å². The molecule has 1 unspecified atom stereocenters. The number of Topliss-reactive ketones (excluding diaryl/α,β-unsaturated/α-hetero) is 1. The molecule has 12 heteroatoms. The molecule has 1 atom stereocenters. The zero-order valence-corrected chi connectivity index (χ0v) is 15.5. The number of likely N-dealkylation sites (tertiary alicyclic amines) is 1. The first-order valence-electron chi connectivity index (χ1n) is 8.76. The van der Waals surface area contributed by atoms with Crippen molar-refractivity contribution in [3.8, 4) is 0 Å². The van der Waals surface area contributed by atoms with Crippen LogP contribution in [0.5, 0.6) is 0 Å². The molecule has 0 N–H and O–H groups in total. The molecule has 0 bridgehead atoms. The Balaban J connectivity index is 1.73. The summed E-state index contributed by atoms with van der Waals surface area (Å²) in [4.78, 5) is 98.0. The van der Waals surface area contributed by atoms with Crippen LogP contribution in [0.1, 0.15) is 45.4 Å². The van der Waals surface area contributed by atoms with Gasteiger partial charge in [-0.15, -0.1) is 5.06 Å². The van der Waals surface area contributed by atoms with E-state index in [4.69, 9.17) is 0 Å². The van der Waals surface area contributed by atoms with Crippen LogP contribution in [0, 0.1) is 5.92 Å². The summed E-state index contributed by atoms with van der Waals surface area (Å²) in [7, 11) is 0. The summed E-state index contributed by atoms with van der Waals surface area (Å²) in [6.45, 7) is 0.388. The molecule has 0 aromatic heterocycles. The van der Waals surface area contributed by atoms with Crippen molar-refractivity contribution in [2.24, 2.45) is 5.92 Å². The van der Waals surface area contributed by atoms with E-state index in [2.05, 4.69) is 9.57 Å². The van der Waals surface area contributed by atoms with Crippen LogP contribution in [-0.4, -0.2) is 63.8 Å². The van der Waals surface area contributed by atoms with Crippen molar-refractivity contribution in [2.75, 3.05) is 6.61 Å². The van der Waals surface area contributed by atoms with Crippen LogP contribution in [0.4, 0.5) is 0 Å². The van der Waals surface area contributed by atoms with Gasteiger partial charge in [0.1, 0.15) is 0 Å². The second kappa shape index (κ2) is 9.17. The standard InChI is InChI=1S/C17H18N2O10/c1-9(17(27)18-11(21)2-3-12(18)22)10(20)8-28-15(25)6-7-16(26)29-19-13(23)4-5-14(19)24/h9H,2-8H2,1H3. The van der Waals surface area contributed by atoms with Crippen LogP contribution in [-0.2, 0) is 47.9 Å². The predicted molar refractivity (Wildman–Crippen MR) is 87.6 cm³/mol. The Morgan fingerprint density at radius 3 is 1.86 bits per heavy atom. The van der Waals surface area contributed by atoms with Gasteiger partial charge in [0.05, 0.1) is 18.8 Å². The Morgan fingerprint density at radius 1 is 0.828 bits per heavy atom. The number of hydrogen-bond donors (Lipinski definition) is 0. The van der Waals surface area contributed by atoms with Gasteiger partial charge in [-0.2, -0.15) is 0 Å². The maximum atomic E-state index is 12.1. The van der Waals surface area contributed by atoms with E-state index in [1.165, 1.54) is 6.92 Å². The Labute approximate surface area is 164 Å². The van der Waals surface area contributed by atoms with Crippen molar-refractivity contribution < 1.29 is 47.9 Å². The Hall–Kier alpha value is -3.44. The number of hydrogen-bond acceptors (Lipinski definition) is 10. The number of nitrogens with zero attached hydrogens (tertiary/aromatic N) is 2. The van der Waals surface area contributed by atoms with Crippen molar-refractivity contribution in [3.05, 3.63) is 0 Å². The van der Waals surface area contributed by atoms with E-state index in [1.54, 1.807) is 0 Å². The van der Waals surface area contributed by atoms with Crippen molar-refractivity contribution in [3.63, 3.8) is 0 Å². The third kappa shape index (κ3) is 5.30. The van der Waals surface area contributed by atoms with Gasteiger partial charge in [-0.1, -0.05) is 0 Å². The third-order valence-corrected chi connectivity index (χ3v) is 4.23. The number of amides is 5. The van der Waals surface area contributed by atoms with E-state index >= 15 is 0 Å². The molecule has 2 aliphatic rings. The highest BCUT2D eigenvalue weighted by atomic mass is 16.7. The molecule has 2 fully saturated rings. The minimum absolute atomic E-state index is 0.0677. The topological polar surface area (TPSA) is 161 Å². The number of ketones is 1. The van der Waals surface area contributed by atoms with Crippen molar-refractivity contribution in [2.45, 2.75) is 45.4 Å². The van der Waals surface area contributed by atoms with Crippen LogP contribution < -0.4 is 0 Å². The minimum Gasteiger partial charge on any atom is -0.458 e. The number of rotatable bonds is 8. The van der Waals surface area contributed by atoms with Gasteiger partial charge in [-0.3, -0.25) is 33.6 Å². The van der Waals surface area contributed by atoms with Gasteiger partial charge >= 0.3 is 11.9 Å². The average molecular weight is 410 g/mol. The summed E-state index contributed by atoms with van der Waals surface area (Å²) < 4.78 is 4.67. The molecule has 12 nitrogen and oxygen atoms in total. The summed E-state index contributed by atoms with van der Waals surface area (Å²) in [5.74, 6) is -7.85. The first-order chi connectivity index (χ1) is 13.6. The number of hydroxylamine groups is 2. The number of esters is 1. The molecule has 5 amide bonds. The van der Waals surface area contributed by atoms with Crippen molar-refractivity contribution in [1.29, 1.82) is 0 Å². The maximum Gasteiger partial charge on any atom is 0.333 e. The molecule has 156 valence electrons. The molecule has 29 heavy (non-hydrogen) atoms. The molecule has 0 aromatic rings. The van der Waals surface area contributed by atoms with Gasteiger partial charge in [0.25, 0.3) is 11.8 Å². The summed E-state index contributed by atoms with van der Waals surface area (Å²) in [6.07, 6.45) is -1.34. The smallest absolute Gasteiger partial charge is 0.333 e. The molecular formula is C17H18N2O10. The second-order valence-corrected chi connectivity index (χ2v) is 6.35. The monoisotopic (exact) mass is 410 g/mol. The fourth-order valence-electron chi connectivity index (χ4n) is 2.51. The minimum atomic E-state index is -1.37. The number of imide groups is 4. The highest BCUT2D eigenvalue weighted by Crippen LogP contribution is 2.16. The third-order valence-electron chi connectivity index (χ3n) is 4.23. The Morgan fingerprint density at radius 2 is 1.31 bits per heavy atom. The van der Waals surface area contributed by atoms with Crippen molar-refractivity contribution >= 4 is 47.3 Å². The number of carbonyl (C=O) groups is 8. The molecular weight excluding hydrogens is 392 g/mol. The van der Waals surface area contributed by atoms with Crippen LogP contribution >= 0.6 is 0 Å².